The zero-order chi connectivity index (χ0) is 21.4. The van der Waals surface area contributed by atoms with Crippen molar-refractivity contribution in [1.82, 2.24) is 0 Å². The van der Waals surface area contributed by atoms with Gasteiger partial charge in [0.1, 0.15) is 5.82 Å². The van der Waals surface area contributed by atoms with Crippen molar-refractivity contribution in [1.29, 1.82) is 0 Å². The van der Waals surface area contributed by atoms with Gasteiger partial charge >= 0.3 is 5.97 Å². The quantitative estimate of drug-likeness (QED) is 0.674. The molecule has 0 heterocycles. The number of carbonyl (C=O) groups excluding carboxylic acids is 2. The summed E-state index contributed by atoms with van der Waals surface area (Å²) >= 11 is 0. The number of hydrogen-bond donors (Lipinski definition) is 1. The zero-order valence-corrected chi connectivity index (χ0v) is 16.8. The van der Waals surface area contributed by atoms with Gasteiger partial charge in [-0.15, -0.1) is 0 Å². The molecule has 1 N–H and O–H groups in total. The van der Waals surface area contributed by atoms with Crippen LogP contribution >= 0.6 is 0 Å². The third kappa shape index (κ3) is 6.34. The van der Waals surface area contributed by atoms with E-state index >= 15 is 0 Å². The summed E-state index contributed by atoms with van der Waals surface area (Å²) in [5, 5.41) is 2.50. The molecule has 0 spiro atoms. The molecule has 0 aliphatic carbocycles. The van der Waals surface area contributed by atoms with Crippen molar-refractivity contribution >= 4 is 23.6 Å². The molecule has 0 radical (unpaired) electrons. The van der Waals surface area contributed by atoms with Crippen LogP contribution in [-0.2, 0) is 14.3 Å². The van der Waals surface area contributed by atoms with E-state index in [1.807, 2.05) is 25.1 Å². The van der Waals surface area contributed by atoms with Crippen LogP contribution in [0.1, 0.15) is 25.0 Å². The number of anilines is 1. The van der Waals surface area contributed by atoms with Gasteiger partial charge in [0.15, 0.2) is 24.2 Å². The maximum Gasteiger partial charge on any atom is 0.344 e. The Hall–Kier alpha value is -3.35. The Bertz CT molecular complexity index is 910. The van der Waals surface area contributed by atoms with Gasteiger partial charge in [0.2, 0.25) is 0 Å². The summed E-state index contributed by atoms with van der Waals surface area (Å²) in [7, 11) is 1.50. The number of halogens is 1. The smallest absolute Gasteiger partial charge is 0.344 e. The number of esters is 1. The van der Waals surface area contributed by atoms with Gasteiger partial charge in [-0.3, -0.25) is 4.79 Å². The van der Waals surface area contributed by atoms with Gasteiger partial charge in [0, 0.05) is 5.69 Å². The number of carbonyl (C=O) groups is 2. The molecule has 0 fully saturated rings. The van der Waals surface area contributed by atoms with Crippen LogP contribution in [0.25, 0.3) is 6.08 Å². The van der Waals surface area contributed by atoms with E-state index in [9.17, 15) is 14.0 Å². The molecule has 1 amide bonds. The van der Waals surface area contributed by atoms with Crippen LogP contribution in [0.3, 0.4) is 0 Å². The summed E-state index contributed by atoms with van der Waals surface area (Å²) in [4.78, 5) is 24.2. The molecule has 154 valence electrons. The van der Waals surface area contributed by atoms with E-state index in [1.54, 1.807) is 31.2 Å². The molecule has 7 heteroatoms. The van der Waals surface area contributed by atoms with Gasteiger partial charge in [-0.1, -0.05) is 24.3 Å². The monoisotopic (exact) mass is 401 g/mol. The normalized spacial score (nSPS) is 11.8. The number of ether oxygens (including phenoxy) is 3. The maximum atomic E-state index is 13.6. The van der Waals surface area contributed by atoms with Crippen LogP contribution in [0.4, 0.5) is 10.1 Å². The second-order valence-electron chi connectivity index (χ2n) is 6.28. The number of amides is 1. The lowest BCUT2D eigenvalue weighted by Gasteiger charge is -2.15. The fourth-order valence-electron chi connectivity index (χ4n) is 2.44. The van der Waals surface area contributed by atoms with Crippen LogP contribution in [0.5, 0.6) is 11.5 Å². The fraction of sp³-hybridized carbons (Fsp3) is 0.273. The average Bonchev–Trinajstić information content (AvgIpc) is 2.69. The molecular formula is C22H24FNO5. The second kappa shape index (κ2) is 10.3. The van der Waals surface area contributed by atoms with Crippen LogP contribution < -0.4 is 14.8 Å². The lowest BCUT2D eigenvalue weighted by Crippen LogP contribution is -2.31. The molecule has 0 aliphatic rings. The average molecular weight is 401 g/mol. The summed E-state index contributed by atoms with van der Waals surface area (Å²) in [6.45, 7) is 4.55. The lowest BCUT2D eigenvalue weighted by atomic mass is 10.2. The minimum absolute atomic E-state index is 0.281. The van der Waals surface area contributed by atoms with Crippen LogP contribution in [0.15, 0.2) is 42.5 Å². The predicted octanol–water partition coefficient (Wildman–Crippen LogP) is 4.13. The van der Waals surface area contributed by atoms with Crippen molar-refractivity contribution in [2.75, 3.05) is 19.0 Å². The lowest BCUT2D eigenvalue weighted by molar-refractivity contribution is -0.155. The highest BCUT2D eigenvalue weighted by Crippen LogP contribution is 2.28. The van der Waals surface area contributed by atoms with Crippen molar-refractivity contribution in [3.05, 3.63) is 59.4 Å². The zero-order valence-electron chi connectivity index (χ0n) is 16.8. The Labute approximate surface area is 169 Å². The third-order valence-corrected chi connectivity index (χ3v) is 4.01. The van der Waals surface area contributed by atoms with Crippen molar-refractivity contribution in [3.63, 3.8) is 0 Å². The van der Waals surface area contributed by atoms with E-state index in [-0.39, 0.29) is 5.69 Å². The third-order valence-electron chi connectivity index (χ3n) is 4.01. The number of benzene rings is 2. The molecule has 1 atom stereocenters. The Morgan fingerprint density at radius 2 is 1.93 bits per heavy atom. The number of aryl methyl sites for hydroxylation is 1. The predicted molar refractivity (Wildman–Crippen MR) is 109 cm³/mol. The molecule has 0 unspecified atom stereocenters. The first-order valence-corrected chi connectivity index (χ1v) is 9.04. The Balaban J connectivity index is 1.89. The highest BCUT2D eigenvalue weighted by Gasteiger charge is 2.19. The number of methoxy groups -OCH3 is 1. The SMILES string of the molecule is C/C=C/c1ccc(OCC(=O)O[C@@H](C)C(=O)Nc2ccc(C)c(F)c2)c(OC)c1. The summed E-state index contributed by atoms with van der Waals surface area (Å²) in [6.07, 6.45) is 2.72. The number of allylic oxidation sites excluding steroid dienone is 1. The Morgan fingerprint density at radius 3 is 2.59 bits per heavy atom. The molecule has 0 saturated carbocycles. The largest absolute Gasteiger partial charge is 0.493 e. The molecule has 0 bridgehead atoms. The Kier molecular flexibility index (Phi) is 7.77. The van der Waals surface area contributed by atoms with Gasteiger partial charge in [-0.25, -0.2) is 9.18 Å². The number of hydrogen-bond acceptors (Lipinski definition) is 5. The molecule has 29 heavy (non-hydrogen) atoms. The van der Waals surface area contributed by atoms with Crippen LogP contribution in [0.2, 0.25) is 0 Å². The highest BCUT2D eigenvalue weighted by atomic mass is 19.1. The van der Waals surface area contributed by atoms with E-state index in [0.29, 0.717) is 17.1 Å². The molecule has 0 saturated heterocycles. The topological polar surface area (TPSA) is 73.9 Å². The molecule has 6 nitrogen and oxygen atoms in total. The molecule has 0 aliphatic heterocycles. The van der Waals surface area contributed by atoms with Crippen LogP contribution in [0, 0.1) is 12.7 Å². The highest BCUT2D eigenvalue weighted by molar-refractivity contribution is 5.95. The fourth-order valence-corrected chi connectivity index (χ4v) is 2.44. The summed E-state index contributed by atoms with van der Waals surface area (Å²) < 4.78 is 29.3. The van der Waals surface area contributed by atoms with Crippen molar-refractivity contribution in [3.8, 4) is 11.5 Å². The van der Waals surface area contributed by atoms with E-state index in [4.69, 9.17) is 14.2 Å². The van der Waals surface area contributed by atoms with Crippen molar-refractivity contribution in [2.45, 2.75) is 26.9 Å². The van der Waals surface area contributed by atoms with Crippen LogP contribution in [-0.4, -0.2) is 31.7 Å². The first-order chi connectivity index (χ1) is 13.8. The van der Waals surface area contributed by atoms with Crippen molar-refractivity contribution in [2.24, 2.45) is 0 Å². The van der Waals surface area contributed by atoms with Gasteiger partial charge in [-0.05, 0) is 56.2 Å². The van der Waals surface area contributed by atoms with Gasteiger partial charge < -0.3 is 19.5 Å². The molecule has 2 rings (SSSR count). The summed E-state index contributed by atoms with van der Waals surface area (Å²) in [5.74, 6) is -0.877. The first-order valence-electron chi connectivity index (χ1n) is 9.04. The molecule has 2 aromatic carbocycles. The Morgan fingerprint density at radius 1 is 1.17 bits per heavy atom. The molecule has 2 aromatic rings. The van der Waals surface area contributed by atoms with E-state index in [2.05, 4.69) is 5.32 Å². The van der Waals surface area contributed by atoms with E-state index in [1.165, 1.54) is 20.1 Å². The van der Waals surface area contributed by atoms with Gasteiger partial charge in [0.05, 0.1) is 7.11 Å². The second-order valence-corrected chi connectivity index (χ2v) is 6.28. The standard InChI is InChI=1S/C22H24FNO5/c1-5-6-16-8-10-19(20(11-16)27-4)28-13-21(25)29-15(3)22(26)24-17-9-7-14(2)18(23)12-17/h5-12,15H,13H2,1-4H3,(H,24,26)/b6-5+/t15-/m0/s1. The number of nitrogens with one attached hydrogen (secondary N) is 1. The van der Waals surface area contributed by atoms with E-state index < -0.39 is 30.4 Å². The molecule has 0 aromatic heterocycles. The number of rotatable bonds is 8. The summed E-state index contributed by atoms with van der Waals surface area (Å²) in [5.41, 5.74) is 1.68. The summed E-state index contributed by atoms with van der Waals surface area (Å²) in [6, 6.07) is 9.59. The van der Waals surface area contributed by atoms with E-state index in [0.717, 1.165) is 5.56 Å². The minimum atomic E-state index is -1.07. The maximum absolute atomic E-state index is 13.6. The minimum Gasteiger partial charge on any atom is -0.493 e. The van der Waals surface area contributed by atoms with Gasteiger partial charge in [-0.2, -0.15) is 0 Å². The van der Waals surface area contributed by atoms with Gasteiger partial charge in [0.25, 0.3) is 5.91 Å². The molecular weight excluding hydrogens is 377 g/mol. The van der Waals surface area contributed by atoms with Crippen molar-refractivity contribution < 1.29 is 28.2 Å². The first kappa shape index (κ1) is 21.9.